The fraction of sp³-hybridized carbons (Fsp3) is 0.304. The fourth-order valence-electron chi connectivity index (χ4n) is 4.42. The highest BCUT2D eigenvalue weighted by molar-refractivity contribution is 9.10. The van der Waals surface area contributed by atoms with Crippen molar-refractivity contribution >= 4 is 38.5 Å². The number of nitro groups is 1. The smallest absolute Gasteiger partial charge is 0.290 e. The van der Waals surface area contributed by atoms with Crippen molar-refractivity contribution in [1.29, 1.82) is 0 Å². The lowest BCUT2D eigenvalue weighted by molar-refractivity contribution is -0.384. The minimum atomic E-state index is -0.686. The van der Waals surface area contributed by atoms with Gasteiger partial charge in [-0.25, -0.2) is 0 Å². The number of amides is 1. The maximum atomic E-state index is 13.5. The first kappa shape index (κ1) is 21.7. The Kier molecular flexibility index (Phi) is 5.73. The summed E-state index contributed by atoms with van der Waals surface area (Å²) in [5, 5.41) is 11.5. The average molecular weight is 514 g/mol. The Hall–Kier alpha value is -3.08. The predicted molar refractivity (Wildman–Crippen MR) is 123 cm³/mol. The standard InChI is InChI=1S/C23H20BrN3O6/c24-15-3-6-18-17(13-15)21(28)19-20(14-1-4-16(5-2-14)27(30)31)26(23(29)22(19)33-18)8-7-25-9-11-32-12-10-25/h1-6,13,20H,7-12H2. The van der Waals surface area contributed by atoms with Crippen LogP contribution in [0.2, 0.25) is 0 Å². The number of hydrogen-bond donors (Lipinski definition) is 0. The molecular weight excluding hydrogens is 494 g/mol. The Morgan fingerprint density at radius 2 is 1.79 bits per heavy atom. The maximum Gasteiger partial charge on any atom is 0.290 e. The van der Waals surface area contributed by atoms with Gasteiger partial charge >= 0.3 is 0 Å². The molecule has 1 unspecified atom stereocenters. The number of morpholine rings is 1. The number of rotatable bonds is 5. The molecule has 0 radical (unpaired) electrons. The van der Waals surface area contributed by atoms with Gasteiger partial charge in [-0.2, -0.15) is 0 Å². The van der Waals surface area contributed by atoms with Crippen LogP contribution < -0.4 is 5.43 Å². The first-order valence-corrected chi connectivity index (χ1v) is 11.3. The maximum absolute atomic E-state index is 13.5. The van der Waals surface area contributed by atoms with Gasteiger partial charge in [0.1, 0.15) is 5.58 Å². The first-order chi connectivity index (χ1) is 15.9. The highest BCUT2D eigenvalue weighted by atomic mass is 79.9. The number of carbonyl (C=O) groups excluding carboxylic acids is 1. The number of hydrogen-bond acceptors (Lipinski definition) is 7. The number of halogens is 1. The Balaban J connectivity index is 1.60. The molecule has 10 heteroatoms. The van der Waals surface area contributed by atoms with E-state index < -0.39 is 11.0 Å². The molecule has 1 amide bonds. The zero-order chi connectivity index (χ0) is 23.1. The summed E-state index contributed by atoms with van der Waals surface area (Å²) in [5.74, 6) is -0.330. The molecule has 2 aromatic carbocycles. The molecule has 170 valence electrons. The molecule has 0 spiro atoms. The molecule has 2 aliphatic rings. The van der Waals surface area contributed by atoms with Crippen LogP contribution in [0.5, 0.6) is 0 Å². The monoisotopic (exact) mass is 513 g/mol. The third-order valence-corrected chi connectivity index (χ3v) is 6.60. The summed E-state index contributed by atoms with van der Waals surface area (Å²) in [7, 11) is 0. The lowest BCUT2D eigenvalue weighted by atomic mass is 9.98. The SMILES string of the molecule is O=C1c2oc3ccc(Br)cc3c(=O)c2C(c2ccc([N+](=O)[O-])cc2)N1CCN1CCOCC1. The minimum Gasteiger partial charge on any atom is -0.450 e. The number of carbonyl (C=O) groups is 1. The predicted octanol–water partition coefficient (Wildman–Crippen LogP) is 3.34. The van der Waals surface area contributed by atoms with Gasteiger partial charge in [0, 0.05) is 42.8 Å². The highest BCUT2D eigenvalue weighted by Gasteiger charge is 2.42. The number of benzene rings is 2. The third-order valence-electron chi connectivity index (χ3n) is 6.11. The number of nitrogens with zero attached hydrogens (tertiary/aromatic N) is 3. The van der Waals surface area contributed by atoms with Crippen LogP contribution in [-0.4, -0.2) is 60.0 Å². The zero-order valence-corrected chi connectivity index (χ0v) is 19.1. The molecule has 0 bridgehead atoms. The van der Waals surface area contributed by atoms with E-state index in [1.54, 1.807) is 35.2 Å². The minimum absolute atomic E-state index is 0.0279. The van der Waals surface area contributed by atoms with Gasteiger partial charge < -0.3 is 14.1 Å². The highest BCUT2D eigenvalue weighted by Crippen LogP contribution is 2.38. The molecule has 0 aliphatic carbocycles. The molecule has 0 N–H and O–H groups in total. The Labute approximate surface area is 196 Å². The van der Waals surface area contributed by atoms with Gasteiger partial charge in [0.2, 0.25) is 5.76 Å². The molecule has 1 fully saturated rings. The average Bonchev–Trinajstić information content (AvgIpc) is 3.10. The van der Waals surface area contributed by atoms with E-state index in [4.69, 9.17) is 9.15 Å². The number of nitro benzene ring substituents is 1. The second kappa shape index (κ2) is 8.69. The fourth-order valence-corrected chi connectivity index (χ4v) is 4.78. The molecule has 3 aromatic rings. The summed E-state index contributed by atoms with van der Waals surface area (Å²) >= 11 is 3.38. The molecule has 3 heterocycles. The second-order valence-electron chi connectivity index (χ2n) is 8.02. The number of fused-ring (bicyclic) bond motifs is 2. The van der Waals surface area contributed by atoms with Crippen LogP contribution in [0.3, 0.4) is 0 Å². The molecule has 1 aromatic heterocycles. The number of non-ortho nitro benzene ring substituents is 1. The van der Waals surface area contributed by atoms with E-state index in [1.807, 2.05) is 0 Å². The van der Waals surface area contributed by atoms with E-state index in [0.717, 1.165) is 17.6 Å². The van der Waals surface area contributed by atoms with Gasteiger partial charge in [0.15, 0.2) is 5.43 Å². The van der Waals surface area contributed by atoms with E-state index in [1.165, 1.54) is 12.1 Å². The van der Waals surface area contributed by atoms with Crippen LogP contribution in [0.25, 0.3) is 11.0 Å². The Bertz CT molecular complexity index is 1300. The van der Waals surface area contributed by atoms with E-state index in [-0.39, 0.29) is 28.3 Å². The third kappa shape index (κ3) is 3.94. The van der Waals surface area contributed by atoms with Gasteiger partial charge in [-0.15, -0.1) is 0 Å². The molecular formula is C23H20BrN3O6. The van der Waals surface area contributed by atoms with Crippen molar-refractivity contribution in [2.45, 2.75) is 6.04 Å². The lowest BCUT2D eigenvalue weighted by Crippen LogP contribution is -2.42. The van der Waals surface area contributed by atoms with E-state index in [0.29, 0.717) is 42.8 Å². The lowest BCUT2D eigenvalue weighted by Gasteiger charge is -2.31. The van der Waals surface area contributed by atoms with Crippen molar-refractivity contribution in [2.75, 3.05) is 39.4 Å². The van der Waals surface area contributed by atoms with Gasteiger partial charge in [-0.1, -0.05) is 15.9 Å². The molecule has 33 heavy (non-hydrogen) atoms. The number of ether oxygens (including phenoxy) is 1. The van der Waals surface area contributed by atoms with Crippen LogP contribution >= 0.6 is 15.9 Å². The van der Waals surface area contributed by atoms with Gasteiger partial charge in [-0.3, -0.25) is 24.6 Å². The summed E-state index contributed by atoms with van der Waals surface area (Å²) < 4.78 is 12.1. The Morgan fingerprint density at radius 1 is 1.06 bits per heavy atom. The summed E-state index contributed by atoms with van der Waals surface area (Å²) in [6, 6.07) is 10.4. The molecule has 5 rings (SSSR count). The van der Waals surface area contributed by atoms with E-state index in [2.05, 4.69) is 20.8 Å². The van der Waals surface area contributed by atoms with Crippen LogP contribution in [0.4, 0.5) is 5.69 Å². The topological polar surface area (TPSA) is 106 Å². The van der Waals surface area contributed by atoms with Crippen molar-refractivity contribution in [3.05, 3.63) is 84.2 Å². The summed E-state index contributed by atoms with van der Waals surface area (Å²) in [4.78, 5) is 41.4. The Morgan fingerprint density at radius 3 is 2.48 bits per heavy atom. The van der Waals surface area contributed by atoms with E-state index >= 15 is 0 Å². The van der Waals surface area contributed by atoms with Gasteiger partial charge in [0.25, 0.3) is 11.6 Å². The van der Waals surface area contributed by atoms with Crippen molar-refractivity contribution < 1.29 is 18.9 Å². The van der Waals surface area contributed by atoms with Crippen molar-refractivity contribution in [3.8, 4) is 0 Å². The molecule has 1 saturated heterocycles. The van der Waals surface area contributed by atoms with Crippen LogP contribution in [-0.2, 0) is 4.74 Å². The quantitative estimate of drug-likeness (QED) is 0.380. The molecule has 1 atom stereocenters. The summed E-state index contributed by atoms with van der Waals surface area (Å²) in [6.45, 7) is 3.81. The van der Waals surface area contributed by atoms with Crippen molar-refractivity contribution in [2.24, 2.45) is 0 Å². The van der Waals surface area contributed by atoms with E-state index in [9.17, 15) is 19.7 Å². The molecule has 2 aliphatic heterocycles. The van der Waals surface area contributed by atoms with Crippen molar-refractivity contribution in [1.82, 2.24) is 9.80 Å². The summed E-state index contributed by atoms with van der Waals surface area (Å²) in [6.07, 6.45) is 0. The van der Waals surface area contributed by atoms with Gasteiger partial charge in [-0.05, 0) is 35.9 Å². The largest absolute Gasteiger partial charge is 0.450 e. The first-order valence-electron chi connectivity index (χ1n) is 10.6. The second-order valence-corrected chi connectivity index (χ2v) is 8.93. The van der Waals surface area contributed by atoms with Crippen molar-refractivity contribution in [3.63, 3.8) is 0 Å². The van der Waals surface area contributed by atoms with Crippen LogP contribution in [0, 0.1) is 10.1 Å². The summed E-state index contributed by atoms with van der Waals surface area (Å²) in [5.41, 5.74) is 0.890. The van der Waals surface area contributed by atoms with Crippen LogP contribution in [0.15, 0.2) is 56.1 Å². The van der Waals surface area contributed by atoms with Crippen LogP contribution in [0.1, 0.15) is 27.7 Å². The van der Waals surface area contributed by atoms with Gasteiger partial charge in [0.05, 0.1) is 35.1 Å². The zero-order valence-electron chi connectivity index (χ0n) is 17.5. The normalized spacial score (nSPS) is 18.6. The molecule has 9 nitrogen and oxygen atoms in total. The molecule has 0 saturated carbocycles.